The third kappa shape index (κ3) is 4.55. The van der Waals surface area contributed by atoms with Crippen molar-refractivity contribution in [3.8, 4) is 17.2 Å². The quantitative estimate of drug-likeness (QED) is 0.363. The van der Waals surface area contributed by atoms with Crippen LogP contribution in [-0.4, -0.2) is 38.2 Å². The third-order valence-electron chi connectivity index (χ3n) is 6.35. The number of para-hydroxylation sites is 1. The number of alkyl halides is 3. The fourth-order valence-corrected chi connectivity index (χ4v) is 4.54. The van der Waals surface area contributed by atoms with Crippen LogP contribution >= 0.6 is 11.6 Å². The molecular weight excluding hydrogens is 511 g/mol. The van der Waals surface area contributed by atoms with Gasteiger partial charge in [-0.25, -0.2) is 0 Å². The van der Waals surface area contributed by atoms with Crippen molar-refractivity contribution in [3.63, 3.8) is 0 Å². The molecule has 1 atom stereocenters. The lowest BCUT2D eigenvalue weighted by Crippen LogP contribution is -2.52. The Hall–Kier alpha value is -3.86. The van der Waals surface area contributed by atoms with Crippen molar-refractivity contribution in [3.05, 3.63) is 65.0 Å². The average molecular weight is 532 g/mol. The van der Waals surface area contributed by atoms with Gasteiger partial charge in [-0.1, -0.05) is 47.1 Å². The summed E-state index contributed by atoms with van der Waals surface area (Å²) >= 11 is 6.72. The number of aryl methyl sites for hydroxylation is 1. The minimum absolute atomic E-state index is 0.145. The van der Waals surface area contributed by atoms with Gasteiger partial charge in [0.1, 0.15) is 11.2 Å². The van der Waals surface area contributed by atoms with Gasteiger partial charge in [0.15, 0.2) is 0 Å². The highest BCUT2D eigenvalue weighted by molar-refractivity contribution is 6.38. The van der Waals surface area contributed by atoms with Crippen molar-refractivity contribution in [2.45, 2.75) is 44.4 Å². The minimum atomic E-state index is -5.05. The summed E-state index contributed by atoms with van der Waals surface area (Å²) in [6.45, 7) is 3.40. The van der Waals surface area contributed by atoms with Crippen molar-refractivity contribution in [1.82, 2.24) is 25.3 Å². The molecule has 1 aliphatic rings. The van der Waals surface area contributed by atoms with Gasteiger partial charge in [-0.05, 0) is 43.5 Å². The summed E-state index contributed by atoms with van der Waals surface area (Å²) in [4.78, 5) is 28.4. The molecule has 0 aliphatic heterocycles. The van der Waals surface area contributed by atoms with Gasteiger partial charge < -0.3 is 19.7 Å². The first-order valence-electron chi connectivity index (χ1n) is 11.4. The SMILES string of the molecule is Cc1nc(-c2c(Cl)c3ccccc3n2-c2ccc([C@@H](C)NC(=O)C3(NC(=O)C(F)(F)F)CC3)cc2)no1. The average Bonchev–Trinajstić information content (AvgIpc) is 3.43. The van der Waals surface area contributed by atoms with E-state index in [0.29, 0.717) is 22.4 Å². The number of nitrogens with one attached hydrogen (secondary N) is 2. The van der Waals surface area contributed by atoms with Crippen molar-refractivity contribution in [2.75, 3.05) is 0 Å². The van der Waals surface area contributed by atoms with E-state index in [1.807, 2.05) is 46.3 Å². The van der Waals surface area contributed by atoms with Crippen LogP contribution in [0.25, 0.3) is 28.1 Å². The van der Waals surface area contributed by atoms with Crippen LogP contribution in [0.5, 0.6) is 0 Å². The number of benzene rings is 2. The molecule has 37 heavy (non-hydrogen) atoms. The second-order valence-corrected chi connectivity index (χ2v) is 9.35. The van der Waals surface area contributed by atoms with Crippen LogP contribution in [0.2, 0.25) is 5.02 Å². The van der Waals surface area contributed by atoms with Crippen molar-refractivity contribution < 1.29 is 27.3 Å². The van der Waals surface area contributed by atoms with E-state index >= 15 is 0 Å². The highest BCUT2D eigenvalue weighted by Crippen LogP contribution is 2.39. The topological polar surface area (TPSA) is 102 Å². The maximum absolute atomic E-state index is 12.7. The molecule has 2 aromatic carbocycles. The standard InChI is InChI=1S/C25H21ClF3N5O3/c1-13(30-22(35)24(11-12-24)32-23(36)25(27,28)29)15-7-9-16(10-8-15)34-18-6-4-3-5-17(18)19(26)20(34)21-31-14(2)37-33-21/h3-10,13H,11-12H2,1-2H3,(H,30,35)(H,32,36)/t13-/m1/s1. The Morgan fingerprint density at radius 3 is 2.41 bits per heavy atom. The van der Waals surface area contributed by atoms with Crippen LogP contribution < -0.4 is 10.6 Å². The summed E-state index contributed by atoms with van der Waals surface area (Å²) in [7, 11) is 0. The van der Waals surface area contributed by atoms with Crippen LogP contribution in [0.1, 0.15) is 37.3 Å². The minimum Gasteiger partial charge on any atom is -0.348 e. The number of carbonyl (C=O) groups excluding carboxylic acids is 2. The normalized spacial score (nSPS) is 15.4. The molecule has 192 valence electrons. The van der Waals surface area contributed by atoms with E-state index in [1.54, 1.807) is 26.0 Å². The van der Waals surface area contributed by atoms with Gasteiger partial charge in [-0.2, -0.15) is 18.2 Å². The zero-order chi connectivity index (χ0) is 26.5. The summed E-state index contributed by atoms with van der Waals surface area (Å²) in [5.41, 5.74) is 1.33. The number of aromatic nitrogens is 3. The Morgan fingerprint density at radius 1 is 1.14 bits per heavy atom. The number of rotatable bonds is 6. The summed E-state index contributed by atoms with van der Waals surface area (Å²) < 4.78 is 45.0. The molecule has 0 bridgehead atoms. The zero-order valence-electron chi connectivity index (χ0n) is 19.7. The highest BCUT2D eigenvalue weighted by Gasteiger charge is 2.55. The lowest BCUT2D eigenvalue weighted by molar-refractivity contribution is -0.175. The van der Waals surface area contributed by atoms with Gasteiger partial charge in [-0.3, -0.25) is 9.59 Å². The second kappa shape index (κ2) is 8.91. The first-order valence-corrected chi connectivity index (χ1v) is 11.8. The van der Waals surface area contributed by atoms with E-state index in [2.05, 4.69) is 15.5 Å². The van der Waals surface area contributed by atoms with E-state index in [9.17, 15) is 22.8 Å². The number of carbonyl (C=O) groups is 2. The molecule has 2 N–H and O–H groups in total. The number of fused-ring (bicyclic) bond motifs is 1. The van der Waals surface area contributed by atoms with Crippen LogP contribution in [-0.2, 0) is 9.59 Å². The van der Waals surface area contributed by atoms with E-state index in [0.717, 1.165) is 22.2 Å². The second-order valence-electron chi connectivity index (χ2n) is 8.97. The van der Waals surface area contributed by atoms with Crippen LogP contribution in [0, 0.1) is 6.92 Å². The van der Waals surface area contributed by atoms with E-state index in [-0.39, 0.29) is 12.8 Å². The van der Waals surface area contributed by atoms with Crippen molar-refractivity contribution in [1.29, 1.82) is 0 Å². The van der Waals surface area contributed by atoms with E-state index in [1.165, 1.54) is 0 Å². The lowest BCUT2D eigenvalue weighted by atomic mass is 10.1. The molecule has 2 aromatic heterocycles. The molecule has 12 heteroatoms. The number of nitrogens with zero attached hydrogens (tertiary/aromatic N) is 3. The largest absolute Gasteiger partial charge is 0.471 e. The molecule has 2 amide bonds. The molecule has 0 unspecified atom stereocenters. The molecular formula is C25H21ClF3N5O3. The maximum Gasteiger partial charge on any atom is 0.471 e. The van der Waals surface area contributed by atoms with Gasteiger partial charge in [0, 0.05) is 18.0 Å². The van der Waals surface area contributed by atoms with Gasteiger partial charge in [0.05, 0.1) is 16.6 Å². The molecule has 1 saturated carbocycles. The fraction of sp³-hybridized carbons (Fsp3) is 0.280. The summed E-state index contributed by atoms with van der Waals surface area (Å²) in [6.07, 6.45) is -4.76. The zero-order valence-corrected chi connectivity index (χ0v) is 20.4. The Morgan fingerprint density at radius 2 is 1.81 bits per heavy atom. The van der Waals surface area contributed by atoms with Crippen LogP contribution in [0.3, 0.4) is 0 Å². The number of halogens is 4. The van der Waals surface area contributed by atoms with Crippen LogP contribution in [0.4, 0.5) is 13.2 Å². The predicted molar refractivity (Wildman–Crippen MR) is 129 cm³/mol. The molecule has 5 rings (SSSR count). The molecule has 2 heterocycles. The van der Waals surface area contributed by atoms with Gasteiger partial charge >= 0.3 is 12.1 Å². The Balaban J connectivity index is 1.41. The molecule has 8 nitrogen and oxygen atoms in total. The molecule has 0 radical (unpaired) electrons. The predicted octanol–water partition coefficient (Wildman–Crippen LogP) is 5.03. The smallest absolute Gasteiger partial charge is 0.348 e. The molecule has 0 saturated heterocycles. The monoisotopic (exact) mass is 531 g/mol. The molecule has 1 aliphatic carbocycles. The molecule has 0 spiro atoms. The summed E-state index contributed by atoms with van der Waals surface area (Å²) in [6, 6.07) is 14.3. The number of hydrogen-bond acceptors (Lipinski definition) is 5. The third-order valence-corrected chi connectivity index (χ3v) is 6.73. The first-order chi connectivity index (χ1) is 17.5. The van der Waals surface area contributed by atoms with Crippen LogP contribution in [0.15, 0.2) is 53.1 Å². The summed E-state index contributed by atoms with van der Waals surface area (Å²) in [5.74, 6) is -2.05. The summed E-state index contributed by atoms with van der Waals surface area (Å²) in [5, 5.41) is 9.84. The number of amides is 2. The fourth-order valence-electron chi connectivity index (χ4n) is 4.21. The van der Waals surface area contributed by atoms with Gasteiger partial charge in [-0.15, -0.1) is 0 Å². The van der Waals surface area contributed by atoms with E-state index in [4.69, 9.17) is 16.1 Å². The van der Waals surface area contributed by atoms with Crippen molar-refractivity contribution >= 4 is 34.3 Å². The Bertz CT molecular complexity index is 1510. The highest BCUT2D eigenvalue weighted by atomic mass is 35.5. The number of hydrogen-bond donors (Lipinski definition) is 2. The van der Waals surface area contributed by atoms with Gasteiger partial charge in [0.2, 0.25) is 17.6 Å². The molecule has 4 aromatic rings. The maximum atomic E-state index is 12.7. The molecule has 1 fully saturated rings. The Kier molecular flexibility index (Phi) is 5.98. The first kappa shape index (κ1) is 24.8. The van der Waals surface area contributed by atoms with E-state index < -0.39 is 29.6 Å². The lowest BCUT2D eigenvalue weighted by Gasteiger charge is -2.22. The van der Waals surface area contributed by atoms with Crippen molar-refractivity contribution in [2.24, 2.45) is 0 Å². The van der Waals surface area contributed by atoms with Gasteiger partial charge in [0.25, 0.3) is 0 Å². The Labute approximate surface area is 213 Å².